The van der Waals surface area contributed by atoms with E-state index in [1.165, 1.54) is 6.07 Å². The van der Waals surface area contributed by atoms with Crippen molar-refractivity contribution < 1.29 is 9.50 Å². The Morgan fingerprint density at radius 1 is 1.44 bits per heavy atom. The number of aliphatic hydroxyl groups is 1. The molecule has 100 valence electrons. The zero-order valence-electron chi connectivity index (χ0n) is 11.4. The van der Waals surface area contributed by atoms with Crippen LogP contribution in [0.15, 0.2) is 12.1 Å². The molecule has 0 spiro atoms. The van der Waals surface area contributed by atoms with Crippen LogP contribution >= 0.6 is 0 Å². The molecule has 1 aliphatic heterocycles. The lowest BCUT2D eigenvalue weighted by atomic mass is 9.73. The first-order valence-corrected chi connectivity index (χ1v) is 6.69. The second kappa shape index (κ2) is 4.98. The van der Waals surface area contributed by atoms with E-state index in [1.807, 2.05) is 26.8 Å². The molecule has 1 fully saturated rings. The van der Waals surface area contributed by atoms with Crippen LogP contribution in [0, 0.1) is 25.6 Å². The van der Waals surface area contributed by atoms with Crippen LogP contribution in [0.4, 0.5) is 4.39 Å². The molecule has 0 aliphatic carbocycles. The average molecular weight is 251 g/mol. The van der Waals surface area contributed by atoms with Crippen molar-refractivity contribution in [3.05, 3.63) is 34.6 Å². The molecule has 3 heteroatoms. The summed E-state index contributed by atoms with van der Waals surface area (Å²) in [5.74, 6) is -0.197. The van der Waals surface area contributed by atoms with Crippen molar-refractivity contribution in [2.24, 2.45) is 5.92 Å². The molecule has 18 heavy (non-hydrogen) atoms. The van der Waals surface area contributed by atoms with Crippen LogP contribution in [0.2, 0.25) is 0 Å². The Kier molecular flexibility index (Phi) is 3.74. The summed E-state index contributed by atoms with van der Waals surface area (Å²) < 4.78 is 14.3. The van der Waals surface area contributed by atoms with Gasteiger partial charge in [0.15, 0.2) is 0 Å². The summed E-state index contributed by atoms with van der Waals surface area (Å²) in [7, 11) is 0. The van der Waals surface area contributed by atoms with Crippen molar-refractivity contribution in [3.63, 3.8) is 0 Å². The summed E-state index contributed by atoms with van der Waals surface area (Å²) in [4.78, 5) is 0. The topological polar surface area (TPSA) is 32.3 Å². The predicted molar refractivity (Wildman–Crippen MR) is 71.0 cm³/mol. The second-order valence-electron chi connectivity index (χ2n) is 5.42. The minimum atomic E-state index is -1.03. The Hall–Kier alpha value is -0.930. The Morgan fingerprint density at radius 2 is 2.17 bits per heavy atom. The van der Waals surface area contributed by atoms with Gasteiger partial charge in [-0.15, -0.1) is 0 Å². The number of hydrogen-bond donors (Lipinski definition) is 2. The van der Waals surface area contributed by atoms with Crippen LogP contribution in [0.25, 0.3) is 0 Å². The van der Waals surface area contributed by atoms with Crippen LogP contribution in [-0.2, 0) is 5.60 Å². The molecule has 1 aliphatic rings. The summed E-state index contributed by atoms with van der Waals surface area (Å²) >= 11 is 0. The zero-order chi connectivity index (χ0) is 13.3. The van der Waals surface area contributed by atoms with Gasteiger partial charge in [-0.1, -0.05) is 13.0 Å². The van der Waals surface area contributed by atoms with Gasteiger partial charge in [-0.25, -0.2) is 4.39 Å². The fourth-order valence-electron chi connectivity index (χ4n) is 3.20. The van der Waals surface area contributed by atoms with Gasteiger partial charge in [0, 0.05) is 18.0 Å². The smallest absolute Gasteiger partial charge is 0.129 e. The van der Waals surface area contributed by atoms with Crippen LogP contribution in [0.1, 0.15) is 36.5 Å². The molecule has 1 aromatic rings. The quantitative estimate of drug-likeness (QED) is 0.847. The van der Waals surface area contributed by atoms with Gasteiger partial charge in [-0.3, -0.25) is 0 Å². The van der Waals surface area contributed by atoms with Crippen LogP contribution in [0.5, 0.6) is 0 Å². The normalized spacial score (nSPS) is 28.4. The van der Waals surface area contributed by atoms with Gasteiger partial charge in [-0.2, -0.15) is 0 Å². The maximum Gasteiger partial charge on any atom is 0.129 e. The Morgan fingerprint density at radius 3 is 2.78 bits per heavy atom. The van der Waals surface area contributed by atoms with E-state index >= 15 is 0 Å². The number of piperidine rings is 1. The predicted octanol–water partition coefficient (Wildman–Crippen LogP) is 2.65. The molecule has 0 bridgehead atoms. The molecular weight excluding hydrogens is 229 g/mol. The van der Waals surface area contributed by atoms with Crippen LogP contribution < -0.4 is 5.32 Å². The van der Waals surface area contributed by atoms with E-state index in [9.17, 15) is 9.50 Å². The van der Waals surface area contributed by atoms with Gasteiger partial charge >= 0.3 is 0 Å². The number of benzene rings is 1. The lowest BCUT2D eigenvalue weighted by molar-refractivity contribution is -0.0510. The van der Waals surface area contributed by atoms with E-state index in [2.05, 4.69) is 5.32 Å². The SMILES string of the molecule is CCC1CNCCC1(O)c1c(C)cc(C)cc1F. The first-order valence-electron chi connectivity index (χ1n) is 6.69. The number of halogens is 1. The number of nitrogens with one attached hydrogen (secondary N) is 1. The van der Waals surface area contributed by atoms with Crippen LogP contribution in [0.3, 0.4) is 0 Å². The Bertz CT molecular complexity index is 423. The molecule has 1 heterocycles. The highest BCUT2D eigenvalue weighted by Crippen LogP contribution is 2.40. The average Bonchev–Trinajstić information content (AvgIpc) is 2.27. The van der Waals surface area contributed by atoms with Gasteiger partial charge in [0.1, 0.15) is 5.82 Å². The molecule has 0 aromatic heterocycles. The third-order valence-electron chi connectivity index (χ3n) is 4.11. The third kappa shape index (κ3) is 2.17. The van der Waals surface area contributed by atoms with E-state index in [1.54, 1.807) is 0 Å². The van der Waals surface area contributed by atoms with Gasteiger partial charge in [0.2, 0.25) is 0 Å². The van der Waals surface area contributed by atoms with Gasteiger partial charge < -0.3 is 10.4 Å². The highest BCUT2D eigenvalue weighted by Gasteiger charge is 2.42. The molecule has 1 aromatic carbocycles. The monoisotopic (exact) mass is 251 g/mol. The third-order valence-corrected chi connectivity index (χ3v) is 4.11. The van der Waals surface area contributed by atoms with E-state index < -0.39 is 5.60 Å². The molecule has 0 radical (unpaired) electrons. The lowest BCUT2D eigenvalue weighted by Crippen LogP contribution is -2.48. The molecule has 2 rings (SSSR count). The molecule has 2 atom stereocenters. The van der Waals surface area contributed by atoms with E-state index in [0.29, 0.717) is 12.0 Å². The van der Waals surface area contributed by atoms with Crippen molar-refractivity contribution in [2.45, 2.75) is 39.2 Å². The van der Waals surface area contributed by atoms with Crippen molar-refractivity contribution in [2.75, 3.05) is 13.1 Å². The summed E-state index contributed by atoms with van der Waals surface area (Å²) in [6.07, 6.45) is 1.42. The first-order chi connectivity index (χ1) is 8.49. The summed E-state index contributed by atoms with van der Waals surface area (Å²) in [5.41, 5.74) is 1.23. The Labute approximate surface area is 108 Å². The number of rotatable bonds is 2. The zero-order valence-corrected chi connectivity index (χ0v) is 11.4. The molecule has 0 saturated carbocycles. The van der Waals surface area contributed by atoms with Gasteiger partial charge in [0.25, 0.3) is 0 Å². The fraction of sp³-hybridized carbons (Fsp3) is 0.600. The second-order valence-corrected chi connectivity index (χ2v) is 5.42. The van der Waals surface area contributed by atoms with E-state index in [0.717, 1.165) is 30.6 Å². The number of aryl methyl sites for hydroxylation is 2. The molecule has 1 saturated heterocycles. The summed E-state index contributed by atoms with van der Waals surface area (Å²) in [5, 5.41) is 14.3. The highest BCUT2D eigenvalue weighted by atomic mass is 19.1. The van der Waals surface area contributed by atoms with E-state index in [4.69, 9.17) is 0 Å². The summed E-state index contributed by atoms with van der Waals surface area (Å²) in [6.45, 7) is 7.30. The molecule has 2 unspecified atom stereocenters. The molecule has 2 N–H and O–H groups in total. The highest BCUT2D eigenvalue weighted by molar-refractivity contribution is 5.37. The van der Waals surface area contributed by atoms with Crippen molar-refractivity contribution in [1.82, 2.24) is 5.32 Å². The molecular formula is C15H22FNO. The summed E-state index contributed by atoms with van der Waals surface area (Å²) in [6, 6.07) is 3.47. The maximum absolute atomic E-state index is 14.3. The lowest BCUT2D eigenvalue weighted by Gasteiger charge is -2.41. The van der Waals surface area contributed by atoms with Crippen molar-refractivity contribution >= 4 is 0 Å². The largest absolute Gasteiger partial charge is 0.385 e. The Balaban J connectivity index is 2.51. The van der Waals surface area contributed by atoms with Crippen molar-refractivity contribution in [3.8, 4) is 0 Å². The maximum atomic E-state index is 14.3. The molecule has 0 amide bonds. The van der Waals surface area contributed by atoms with E-state index in [-0.39, 0.29) is 11.7 Å². The first kappa shape index (κ1) is 13.5. The van der Waals surface area contributed by atoms with Crippen molar-refractivity contribution in [1.29, 1.82) is 0 Å². The minimum absolute atomic E-state index is 0.0714. The van der Waals surface area contributed by atoms with Gasteiger partial charge in [-0.05, 0) is 50.4 Å². The fourth-order valence-corrected chi connectivity index (χ4v) is 3.20. The van der Waals surface area contributed by atoms with Crippen LogP contribution in [-0.4, -0.2) is 18.2 Å². The molecule has 2 nitrogen and oxygen atoms in total. The minimum Gasteiger partial charge on any atom is -0.385 e. The standard InChI is InChI=1S/C15H22FNO/c1-4-12-9-17-6-5-15(12,18)14-11(3)7-10(2)8-13(14)16/h7-8,12,17-18H,4-6,9H2,1-3H3. The number of hydrogen-bond acceptors (Lipinski definition) is 2. The van der Waals surface area contributed by atoms with Gasteiger partial charge in [0.05, 0.1) is 5.60 Å².